The van der Waals surface area contributed by atoms with Crippen LogP contribution in [-0.4, -0.2) is 11.1 Å². The highest BCUT2D eigenvalue weighted by Crippen LogP contribution is 2.28. The zero-order chi connectivity index (χ0) is 13.2. The Morgan fingerprint density at radius 1 is 1.16 bits per heavy atom. The van der Waals surface area contributed by atoms with Crippen LogP contribution in [0.1, 0.15) is 32.6 Å². The Morgan fingerprint density at radius 2 is 2.00 bits per heavy atom. The first-order valence-corrected chi connectivity index (χ1v) is 7.05. The molecule has 0 radical (unpaired) electrons. The smallest absolute Gasteiger partial charge is 0.214 e. The van der Waals surface area contributed by atoms with Crippen molar-refractivity contribution < 1.29 is 4.74 Å². The highest BCUT2D eigenvalue weighted by molar-refractivity contribution is 5.82. The second kappa shape index (κ2) is 5.08. The first-order chi connectivity index (χ1) is 9.22. The molecule has 0 bridgehead atoms. The minimum atomic E-state index is 0.312. The van der Waals surface area contributed by atoms with E-state index < -0.39 is 0 Å². The monoisotopic (exact) mass is 256 g/mol. The maximum absolute atomic E-state index is 6.06. The van der Waals surface area contributed by atoms with Crippen molar-refractivity contribution in [1.29, 1.82) is 0 Å². The predicted molar refractivity (Wildman–Crippen MR) is 78.2 cm³/mol. The van der Waals surface area contributed by atoms with Crippen molar-refractivity contribution in [2.45, 2.75) is 38.7 Å². The van der Waals surface area contributed by atoms with Crippen molar-refractivity contribution in [3.05, 3.63) is 30.3 Å². The Balaban J connectivity index is 1.83. The number of aromatic nitrogens is 1. The van der Waals surface area contributed by atoms with Gasteiger partial charge in [-0.3, -0.25) is 0 Å². The van der Waals surface area contributed by atoms with E-state index in [1.165, 1.54) is 19.3 Å². The molecule has 1 aliphatic carbocycles. The molecule has 0 spiro atoms. The number of hydrogen-bond acceptors (Lipinski definition) is 3. The van der Waals surface area contributed by atoms with Gasteiger partial charge in [-0.15, -0.1) is 0 Å². The molecule has 2 N–H and O–H groups in total. The Hall–Kier alpha value is -1.77. The average Bonchev–Trinajstić information content (AvgIpc) is 2.41. The molecule has 0 amide bonds. The fraction of sp³-hybridized carbons (Fsp3) is 0.438. The number of nitrogen functional groups attached to an aromatic ring is 1. The summed E-state index contributed by atoms with van der Waals surface area (Å²) in [7, 11) is 0. The van der Waals surface area contributed by atoms with E-state index in [-0.39, 0.29) is 0 Å². The highest BCUT2D eigenvalue weighted by Gasteiger charge is 2.23. The van der Waals surface area contributed by atoms with Crippen LogP contribution in [0.25, 0.3) is 10.9 Å². The minimum Gasteiger partial charge on any atom is -0.474 e. The van der Waals surface area contributed by atoms with Gasteiger partial charge in [-0.05, 0) is 49.4 Å². The van der Waals surface area contributed by atoms with Gasteiger partial charge in [0.25, 0.3) is 0 Å². The van der Waals surface area contributed by atoms with Gasteiger partial charge >= 0.3 is 0 Å². The van der Waals surface area contributed by atoms with Gasteiger partial charge in [-0.1, -0.05) is 13.3 Å². The summed E-state index contributed by atoms with van der Waals surface area (Å²) in [5, 5.41) is 1.06. The first kappa shape index (κ1) is 12.3. The Labute approximate surface area is 113 Å². The van der Waals surface area contributed by atoms with Crippen LogP contribution >= 0.6 is 0 Å². The van der Waals surface area contributed by atoms with Crippen molar-refractivity contribution >= 4 is 16.6 Å². The van der Waals surface area contributed by atoms with Crippen molar-refractivity contribution in [2.24, 2.45) is 5.92 Å². The Kier molecular flexibility index (Phi) is 3.28. The third kappa shape index (κ3) is 2.65. The van der Waals surface area contributed by atoms with Gasteiger partial charge in [0, 0.05) is 17.1 Å². The van der Waals surface area contributed by atoms with Crippen LogP contribution in [0.15, 0.2) is 30.3 Å². The van der Waals surface area contributed by atoms with E-state index in [0.29, 0.717) is 12.0 Å². The van der Waals surface area contributed by atoms with E-state index in [9.17, 15) is 0 Å². The van der Waals surface area contributed by atoms with E-state index in [0.717, 1.165) is 28.9 Å². The predicted octanol–water partition coefficient (Wildman–Crippen LogP) is 3.77. The lowest BCUT2D eigenvalue weighted by atomic mass is 9.88. The first-order valence-electron chi connectivity index (χ1n) is 7.05. The largest absolute Gasteiger partial charge is 0.474 e. The lowest BCUT2D eigenvalue weighted by molar-refractivity contribution is 0.0980. The molecule has 1 aromatic heterocycles. The number of nitrogens with zero attached hydrogens (tertiary/aromatic N) is 1. The average molecular weight is 256 g/mol. The fourth-order valence-electron chi connectivity index (χ4n) is 2.80. The summed E-state index contributed by atoms with van der Waals surface area (Å²) in [6.45, 7) is 2.27. The van der Waals surface area contributed by atoms with E-state index in [4.69, 9.17) is 10.5 Å². The number of fused-ring (bicyclic) bond motifs is 1. The van der Waals surface area contributed by atoms with Crippen LogP contribution in [0.3, 0.4) is 0 Å². The van der Waals surface area contributed by atoms with Crippen LogP contribution in [0.5, 0.6) is 5.88 Å². The summed E-state index contributed by atoms with van der Waals surface area (Å²) in [5.74, 6) is 1.36. The van der Waals surface area contributed by atoms with Gasteiger partial charge in [0.15, 0.2) is 0 Å². The van der Waals surface area contributed by atoms with Gasteiger partial charge in [0.05, 0.1) is 5.52 Å². The number of ether oxygens (including phenoxy) is 1. The van der Waals surface area contributed by atoms with Gasteiger partial charge in [0.2, 0.25) is 5.88 Å². The lowest BCUT2D eigenvalue weighted by Crippen LogP contribution is -2.28. The second-order valence-electron chi connectivity index (χ2n) is 5.52. The van der Waals surface area contributed by atoms with E-state index >= 15 is 0 Å². The third-order valence-electron chi connectivity index (χ3n) is 3.99. The van der Waals surface area contributed by atoms with Crippen molar-refractivity contribution in [2.75, 3.05) is 5.73 Å². The van der Waals surface area contributed by atoms with Crippen molar-refractivity contribution in [3.63, 3.8) is 0 Å². The van der Waals surface area contributed by atoms with Crippen LogP contribution < -0.4 is 10.5 Å². The van der Waals surface area contributed by atoms with Crippen LogP contribution in [-0.2, 0) is 0 Å². The molecular formula is C16H20N2O. The molecule has 1 aromatic carbocycles. The van der Waals surface area contributed by atoms with Gasteiger partial charge in [0.1, 0.15) is 6.10 Å². The quantitative estimate of drug-likeness (QED) is 0.832. The summed E-state index contributed by atoms with van der Waals surface area (Å²) in [6, 6.07) is 9.74. The lowest BCUT2D eigenvalue weighted by Gasteiger charge is -2.28. The highest BCUT2D eigenvalue weighted by atomic mass is 16.5. The van der Waals surface area contributed by atoms with Crippen LogP contribution in [0, 0.1) is 5.92 Å². The van der Waals surface area contributed by atoms with E-state index in [2.05, 4.69) is 11.9 Å². The summed E-state index contributed by atoms with van der Waals surface area (Å²) >= 11 is 0. The van der Waals surface area contributed by atoms with E-state index in [1.807, 2.05) is 30.3 Å². The van der Waals surface area contributed by atoms with Gasteiger partial charge in [-0.25, -0.2) is 4.98 Å². The maximum atomic E-state index is 6.06. The van der Waals surface area contributed by atoms with Crippen molar-refractivity contribution in [3.8, 4) is 5.88 Å². The third-order valence-corrected chi connectivity index (χ3v) is 3.99. The molecule has 1 saturated carbocycles. The summed E-state index contributed by atoms with van der Waals surface area (Å²) < 4.78 is 6.06. The molecule has 1 heterocycles. The molecule has 19 heavy (non-hydrogen) atoms. The number of pyridine rings is 1. The molecule has 2 aromatic rings. The van der Waals surface area contributed by atoms with Crippen molar-refractivity contribution in [1.82, 2.24) is 4.98 Å². The van der Waals surface area contributed by atoms with Gasteiger partial charge in [-0.2, -0.15) is 0 Å². The van der Waals surface area contributed by atoms with Crippen LogP contribution in [0.4, 0.5) is 5.69 Å². The zero-order valence-electron chi connectivity index (χ0n) is 11.3. The topological polar surface area (TPSA) is 48.1 Å². The van der Waals surface area contributed by atoms with Gasteiger partial charge < -0.3 is 10.5 Å². The fourth-order valence-corrected chi connectivity index (χ4v) is 2.80. The summed E-state index contributed by atoms with van der Waals surface area (Å²) in [4.78, 5) is 4.57. The molecule has 100 valence electrons. The number of hydrogen-bond donors (Lipinski definition) is 1. The number of anilines is 1. The number of rotatable bonds is 2. The second-order valence-corrected chi connectivity index (χ2v) is 5.52. The maximum Gasteiger partial charge on any atom is 0.214 e. The molecule has 1 aliphatic rings. The molecule has 3 nitrogen and oxygen atoms in total. The molecule has 1 fully saturated rings. The SMILES string of the molecule is CC1CCCCC1Oc1ccc2cc(N)ccc2n1. The van der Waals surface area contributed by atoms with Crippen LogP contribution in [0.2, 0.25) is 0 Å². The molecule has 0 saturated heterocycles. The molecule has 0 aliphatic heterocycles. The molecular weight excluding hydrogens is 236 g/mol. The minimum absolute atomic E-state index is 0.312. The summed E-state index contributed by atoms with van der Waals surface area (Å²) in [6.07, 6.45) is 5.30. The molecule has 3 rings (SSSR count). The van der Waals surface area contributed by atoms with E-state index in [1.54, 1.807) is 0 Å². The standard InChI is InChI=1S/C16H20N2O/c1-11-4-2-3-5-15(11)19-16-9-6-12-10-13(17)7-8-14(12)18-16/h6-11,15H,2-5,17H2,1H3. The molecule has 3 heteroatoms. The molecule has 2 atom stereocenters. The number of benzene rings is 1. The zero-order valence-corrected chi connectivity index (χ0v) is 11.3. The Bertz CT molecular complexity index is 582. The number of nitrogens with two attached hydrogens (primary N) is 1. The normalized spacial score (nSPS) is 23.4. The summed E-state index contributed by atoms with van der Waals surface area (Å²) in [5.41, 5.74) is 7.48. The Morgan fingerprint density at radius 3 is 2.84 bits per heavy atom. The molecule has 2 unspecified atom stereocenters.